The highest BCUT2D eigenvalue weighted by molar-refractivity contribution is 6.48. The minimum absolute atomic E-state index is 0.110. The number of esters is 1. The molecular formula is C13H13Cl3O4. The lowest BCUT2D eigenvalue weighted by Gasteiger charge is -2.14. The number of benzene rings is 1. The maximum Gasteiger partial charge on any atom is 0.333 e. The number of halogens is 3. The molecular weight excluding hydrogens is 326 g/mol. The highest BCUT2D eigenvalue weighted by Crippen LogP contribution is 2.37. The first-order valence-electron chi connectivity index (χ1n) is 5.60. The summed E-state index contributed by atoms with van der Waals surface area (Å²) in [4.78, 5) is 11.1. The topological polar surface area (TPSA) is 55.8 Å². The summed E-state index contributed by atoms with van der Waals surface area (Å²) in [5.74, 6) is -0.289. The van der Waals surface area contributed by atoms with Gasteiger partial charge in [-0.15, -0.1) is 0 Å². The van der Waals surface area contributed by atoms with E-state index in [0.717, 1.165) is 0 Å². The van der Waals surface area contributed by atoms with E-state index in [2.05, 4.69) is 6.58 Å². The van der Waals surface area contributed by atoms with Gasteiger partial charge in [0.25, 0.3) is 0 Å². The van der Waals surface area contributed by atoms with Crippen LogP contribution in [0.5, 0.6) is 5.75 Å². The summed E-state index contributed by atoms with van der Waals surface area (Å²) >= 11 is 17.6. The monoisotopic (exact) mass is 338 g/mol. The van der Waals surface area contributed by atoms with Crippen molar-refractivity contribution in [3.63, 3.8) is 0 Å². The van der Waals surface area contributed by atoms with Crippen LogP contribution in [-0.4, -0.2) is 30.4 Å². The lowest BCUT2D eigenvalue weighted by Crippen LogP contribution is -2.25. The molecule has 0 aromatic heterocycles. The quantitative estimate of drug-likeness (QED) is 0.489. The minimum atomic E-state index is -0.996. The number of carbonyl (C=O) groups is 1. The highest BCUT2D eigenvalue weighted by atomic mass is 35.5. The molecule has 4 nitrogen and oxygen atoms in total. The van der Waals surface area contributed by atoms with E-state index in [9.17, 15) is 9.90 Å². The van der Waals surface area contributed by atoms with Gasteiger partial charge in [0.15, 0.2) is 0 Å². The van der Waals surface area contributed by atoms with Crippen molar-refractivity contribution in [1.82, 2.24) is 0 Å². The lowest BCUT2D eigenvalue weighted by molar-refractivity contribution is -0.142. The molecule has 20 heavy (non-hydrogen) atoms. The number of aliphatic hydroxyl groups excluding tert-OH is 1. The Morgan fingerprint density at radius 1 is 1.30 bits per heavy atom. The average molecular weight is 340 g/mol. The van der Waals surface area contributed by atoms with Crippen molar-refractivity contribution < 1.29 is 19.4 Å². The normalized spacial score (nSPS) is 11.8. The second-order valence-corrected chi connectivity index (χ2v) is 5.18. The van der Waals surface area contributed by atoms with E-state index in [4.69, 9.17) is 44.3 Å². The molecule has 0 amide bonds. The molecule has 0 aliphatic rings. The second kappa shape index (κ2) is 7.74. The maximum absolute atomic E-state index is 11.1. The molecule has 1 aromatic carbocycles. The van der Waals surface area contributed by atoms with Crippen LogP contribution in [0.4, 0.5) is 0 Å². The number of carbonyl (C=O) groups excluding carboxylic acids is 1. The Labute approximate surface area is 131 Å². The molecule has 0 spiro atoms. The van der Waals surface area contributed by atoms with Gasteiger partial charge in [0.1, 0.15) is 30.1 Å². The summed E-state index contributed by atoms with van der Waals surface area (Å²) in [6, 6.07) is 3.06. The third-order valence-corrected chi connectivity index (χ3v) is 3.46. The zero-order valence-electron chi connectivity index (χ0n) is 10.7. The van der Waals surface area contributed by atoms with Crippen molar-refractivity contribution in [1.29, 1.82) is 0 Å². The first-order valence-corrected chi connectivity index (χ1v) is 6.73. The zero-order chi connectivity index (χ0) is 15.3. The summed E-state index contributed by atoms with van der Waals surface area (Å²) in [6.07, 6.45) is -0.996. The average Bonchev–Trinajstić information content (AvgIpc) is 2.41. The molecule has 0 heterocycles. The summed E-state index contributed by atoms with van der Waals surface area (Å²) in [5, 5.41) is 10.3. The molecule has 1 unspecified atom stereocenters. The van der Waals surface area contributed by atoms with Crippen molar-refractivity contribution in [2.75, 3.05) is 13.2 Å². The SMILES string of the molecule is C=C(C)C(=O)OCC(O)COc1ccc(Cl)c(Cl)c1Cl. The Hall–Kier alpha value is -0.940. The summed E-state index contributed by atoms with van der Waals surface area (Å²) in [7, 11) is 0. The van der Waals surface area contributed by atoms with Gasteiger partial charge in [-0.05, 0) is 19.1 Å². The zero-order valence-corrected chi connectivity index (χ0v) is 12.9. The largest absolute Gasteiger partial charge is 0.489 e. The van der Waals surface area contributed by atoms with Gasteiger partial charge >= 0.3 is 5.97 Å². The van der Waals surface area contributed by atoms with Crippen LogP contribution >= 0.6 is 34.8 Å². The van der Waals surface area contributed by atoms with Gasteiger partial charge in [-0.1, -0.05) is 41.4 Å². The maximum atomic E-state index is 11.1. The Morgan fingerprint density at radius 2 is 1.95 bits per heavy atom. The van der Waals surface area contributed by atoms with Crippen LogP contribution in [0.1, 0.15) is 6.92 Å². The predicted octanol–water partition coefficient (Wildman–Crippen LogP) is 3.51. The van der Waals surface area contributed by atoms with Crippen LogP contribution in [0, 0.1) is 0 Å². The molecule has 1 N–H and O–H groups in total. The second-order valence-electron chi connectivity index (χ2n) is 4.02. The summed E-state index contributed by atoms with van der Waals surface area (Å²) < 4.78 is 10.1. The Bertz CT molecular complexity index is 517. The van der Waals surface area contributed by atoms with Crippen molar-refractivity contribution >= 4 is 40.8 Å². The summed E-state index contributed by atoms with van der Waals surface area (Å²) in [5.41, 5.74) is 0.255. The van der Waals surface area contributed by atoms with Crippen molar-refractivity contribution in [2.45, 2.75) is 13.0 Å². The van der Waals surface area contributed by atoms with E-state index in [0.29, 0.717) is 5.02 Å². The van der Waals surface area contributed by atoms with Crippen molar-refractivity contribution in [2.24, 2.45) is 0 Å². The third kappa shape index (κ3) is 4.87. The molecule has 0 bridgehead atoms. The summed E-state index contributed by atoms with van der Waals surface area (Å²) in [6.45, 7) is 4.62. The molecule has 0 radical (unpaired) electrons. The molecule has 0 aliphatic heterocycles. The van der Waals surface area contributed by atoms with E-state index in [-0.39, 0.29) is 34.6 Å². The van der Waals surface area contributed by atoms with Crippen LogP contribution in [-0.2, 0) is 9.53 Å². The number of aliphatic hydroxyl groups is 1. The number of hydrogen-bond acceptors (Lipinski definition) is 4. The molecule has 7 heteroatoms. The first kappa shape index (κ1) is 17.1. The fraction of sp³-hybridized carbons (Fsp3) is 0.308. The van der Waals surface area contributed by atoms with Gasteiger partial charge in [-0.25, -0.2) is 4.79 Å². The molecule has 0 aliphatic carbocycles. The predicted molar refractivity (Wildman–Crippen MR) is 78.7 cm³/mol. The lowest BCUT2D eigenvalue weighted by atomic mass is 10.3. The number of hydrogen-bond donors (Lipinski definition) is 1. The molecule has 0 fully saturated rings. The molecule has 110 valence electrons. The Balaban J connectivity index is 2.49. The molecule has 0 saturated heterocycles. The van der Waals surface area contributed by atoms with Crippen LogP contribution in [0.3, 0.4) is 0 Å². The van der Waals surface area contributed by atoms with E-state index in [1.54, 1.807) is 0 Å². The van der Waals surface area contributed by atoms with Gasteiger partial charge < -0.3 is 14.6 Å². The van der Waals surface area contributed by atoms with Crippen LogP contribution in [0.2, 0.25) is 15.1 Å². The van der Waals surface area contributed by atoms with Gasteiger partial charge in [0, 0.05) is 5.57 Å². The first-order chi connectivity index (χ1) is 9.32. The highest BCUT2D eigenvalue weighted by Gasteiger charge is 2.13. The Morgan fingerprint density at radius 3 is 2.55 bits per heavy atom. The van der Waals surface area contributed by atoms with Gasteiger partial charge in [0.2, 0.25) is 0 Å². The van der Waals surface area contributed by atoms with Crippen molar-refractivity contribution in [3.8, 4) is 5.75 Å². The number of rotatable bonds is 6. The standard InChI is InChI=1S/C13H13Cl3O4/c1-7(2)13(18)20-6-8(17)5-19-10-4-3-9(14)11(15)12(10)16/h3-4,8,17H,1,5-6H2,2H3. The van der Waals surface area contributed by atoms with Crippen molar-refractivity contribution in [3.05, 3.63) is 39.4 Å². The van der Waals surface area contributed by atoms with E-state index in [1.165, 1.54) is 19.1 Å². The van der Waals surface area contributed by atoms with Gasteiger partial charge in [-0.2, -0.15) is 0 Å². The van der Waals surface area contributed by atoms with Crippen LogP contribution in [0.15, 0.2) is 24.3 Å². The fourth-order valence-corrected chi connectivity index (χ4v) is 1.73. The van der Waals surface area contributed by atoms with E-state index in [1.807, 2.05) is 0 Å². The number of ether oxygens (including phenoxy) is 2. The molecule has 0 saturated carbocycles. The van der Waals surface area contributed by atoms with Crippen LogP contribution in [0.25, 0.3) is 0 Å². The van der Waals surface area contributed by atoms with Crippen LogP contribution < -0.4 is 4.74 Å². The smallest absolute Gasteiger partial charge is 0.333 e. The Kier molecular flexibility index (Phi) is 6.62. The third-order valence-electron chi connectivity index (χ3n) is 2.19. The molecule has 1 rings (SSSR count). The minimum Gasteiger partial charge on any atom is -0.489 e. The van der Waals surface area contributed by atoms with Gasteiger partial charge in [-0.3, -0.25) is 0 Å². The van der Waals surface area contributed by atoms with Gasteiger partial charge in [0.05, 0.1) is 10.0 Å². The molecule has 1 atom stereocenters. The van der Waals surface area contributed by atoms with E-state index >= 15 is 0 Å². The fourth-order valence-electron chi connectivity index (χ4n) is 1.15. The van der Waals surface area contributed by atoms with E-state index < -0.39 is 12.1 Å². The molecule has 1 aromatic rings.